The summed E-state index contributed by atoms with van der Waals surface area (Å²) in [5, 5.41) is 2.89. The molecule has 1 N–H and O–H groups in total. The number of amides is 1. The van der Waals surface area contributed by atoms with Crippen molar-refractivity contribution in [2.45, 2.75) is 13.0 Å². The van der Waals surface area contributed by atoms with E-state index in [1.54, 1.807) is 31.4 Å². The quantitative estimate of drug-likeness (QED) is 0.857. The van der Waals surface area contributed by atoms with Crippen LogP contribution in [-0.4, -0.2) is 34.7 Å². The van der Waals surface area contributed by atoms with E-state index in [2.05, 4.69) is 5.32 Å². The van der Waals surface area contributed by atoms with E-state index in [-0.39, 0.29) is 17.5 Å². The molecule has 0 saturated carbocycles. The molecule has 0 saturated heterocycles. The molecule has 0 heterocycles. The number of nitrogens with one attached hydrogen (secondary N) is 1. The minimum absolute atomic E-state index is 0.289. The molecule has 134 valence electrons. The lowest BCUT2D eigenvalue weighted by molar-refractivity contribution is 0.0940. The summed E-state index contributed by atoms with van der Waals surface area (Å²) in [6, 6.07) is 13.7. The fourth-order valence-corrected chi connectivity index (χ4v) is 3.01. The standard InChI is InChI=1S/C18H22N2O4S/c1-13(14-9-6-8-12-17(14)24-3)19-18(21)15-10-5-7-11-16(15)20(2)25(4,22)23/h5-13H,1-4H3,(H,19,21)/t13-/m1/s1. The van der Waals surface area contributed by atoms with E-state index in [0.29, 0.717) is 11.4 Å². The number of benzene rings is 2. The van der Waals surface area contributed by atoms with Crippen LogP contribution < -0.4 is 14.4 Å². The van der Waals surface area contributed by atoms with Gasteiger partial charge in [0, 0.05) is 12.6 Å². The van der Waals surface area contributed by atoms with E-state index in [1.807, 2.05) is 31.2 Å². The Balaban J connectivity index is 2.30. The van der Waals surface area contributed by atoms with Crippen molar-refractivity contribution >= 4 is 21.6 Å². The molecule has 7 heteroatoms. The first kappa shape index (κ1) is 18.8. The molecule has 1 amide bonds. The van der Waals surface area contributed by atoms with Gasteiger partial charge in [0.15, 0.2) is 0 Å². The minimum Gasteiger partial charge on any atom is -0.496 e. The predicted octanol–water partition coefficient (Wildman–Crippen LogP) is 2.58. The third-order valence-corrected chi connectivity index (χ3v) is 5.13. The SMILES string of the molecule is COc1ccccc1[C@@H](C)NC(=O)c1ccccc1N(C)S(C)(=O)=O. The molecule has 25 heavy (non-hydrogen) atoms. The number of ether oxygens (including phenoxy) is 1. The zero-order valence-electron chi connectivity index (χ0n) is 14.7. The molecule has 0 spiro atoms. The number of carbonyl (C=O) groups excluding carboxylic acids is 1. The summed E-state index contributed by atoms with van der Waals surface area (Å²) in [6.45, 7) is 1.85. The fraction of sp³-hybridized carbons (Fsp3) is 0.278. The molecule has 0 fully saturated rings. The molecule has 0 aromatic heterocycles. The Bertz CT molecular complexity index is 865. The van der Waals surface area contributed by atoms with Gasteiger partial charge in [-0.05, 0) is 25.1 Å². The molecule has 0 aliphatic heterocycles. The zero-order valence-corrected chi connectivity index (χ0v) is 15.5. The smallest absolute Gasteiger partial charge is 0.253 e. The Hall–Kier alpha value is -2.54. The average molecular weight is 362 g/mol. The maximum absolute atomic E-state index is 12.7. The van der Waals surface area contributed by atoms with Gasteiger partial charge in [-0.3, -0.25) is 9.10 Å². The molecular formula is C18H22N2O4S. The average Bonchev–Trinajstić information content (AvgIpc) is 2.60. The second-order valence-corrected chi connectivity index (χ2v) is 7.70. The van der Waals surface area contributed by atoms with Crippen LogP contribution in [0, 0.1) is 0 Å². The van der Waals surface area contributed by atoms with Gasteiger partial charge in [0.1, 0.15) is 5.75 Å². The van der Waals surface area contributed by atoms with E-state index in [0.717, 1.165) is 16.1 Å². The third-order valence-electron chi connectivity index (χ3n) is 3.94. The molecule has 6 nitrogen and oxygen atoms in total. The van der Waals surface area contributed by atoms with Crippen LogP contribution in [0.1, 0.15) is 28.9 Å². The second kappa shape index (κ2) is 7.57. The van der Waals surface area contributed by atoms with Crippen molar-refractivity contribution in [1.29, 1.82) is 0 Å². The Morgan fingerprint density at radius 3 is 2.36 bits per heavy atom. The van der Waals surface area contributed by atoms with Crippen LogP contribution in [0.2, 0.25) is 0 Å². The summed E-state index contributed by atoms with van der Waals surface area (Å²) in [7, 11) is -0.475. The molecular weight excluding hydrogens is 340 g/mol. The molecule has 0 unspecified atom stereocenters. The highest BCUT2D eigenvalue weighted by Gasteiger charge is 2.21. The maximum Gasteiger partial charge on any atom is 0.253 e. The summed E-state index contributed by atoms with van der Waals surface area (Å²) >= 11 is 0. The topological polar surface area (TPSA) is 75.7 Å². The number of hydrogen-bond acceptors (Lipinski definition) is 4. The van der Waals surface area contributed by atoms with Crippen molar-refractivity contribution in [3.8, 4) is 5.75 Å². The highest BCUT2D eigenvalue weighted by molar-refractivity contribution is 7.92. The Morgan fingerprint density at radius 1 is 1.12 bits per heavy atom. The predicted molar refractivity (Wildman–Crippen MR) is 98.6 cm³/mol. The Labute approximate surface area is 148 Å². The van der Waals surface area contributed by atoms with Crippen LogP contribution in [0.4, 0.5) is 5.69 Å². The fourth-order valence-electron chi connectivity index (χ4n) is 2.50. The summed E-state index contributed by atoms with van der Waals surface area (Å²) in [5.41, 5.74) is 1.46. The summed E-state index contributed by atoms with van der Waals surface area (Å²) in [6.07, 6.45) is 1.10. The Kier molecular flexibility index (Phi) is 5.69. The van der Waals surface area contributed by atoms with Crippen molar-refractivity contribution in [3.05, 3.63) is 59.7 Å². The van der Waals surface area contributed by atoms with Gasteiger partial charge in [0.05, 0.1) is 30.7 Å². The van der Waals surface area contributed by atoms with E-state index in [1.165, 1.54) is 7.05 Å². The minimum atomic E-state index is -3.47. The van der Waals surface area contributed by atoms with Crippen molar-refractivity contribution < 1.29 is 17.9 Å². The first-order chi connectivity index (χ1) is 11.8. The van der Waals surface area contributed by atoms with Crippen LogP contribution in [-0.2, 0) is 10.0 Å². The zero-order chi connectivity index (χ0) is 18.6. The van der Waals surface area contributed by atoms with Crippen molar-refractivity contribution in [1.82, 2.24) is 5.32 Å². The van der Waals surface area contributed by atoms with E-state index in [9.17, 15) is 13.2 Å². The summed E-state index contributed by atoms with van der Waals surface area (Å²) < 4.78 is 30.0. The van der Waals surface area contributed by atoms with E-state index >= 15 is 0 Å². The molecule has 2 aromatic carbocycles. The van der Waals surface area contributed by atoms with Gasteiger partial charge in [-0.25, -0.2) is 8.42 Å². The first-order valence-electron chi connectivity index (χ1n) is 7.72. The highest BCUT2D eigenvalue weighted by Crippen LogP contribution is 2.26. The van der Waals surface area contributed by atoms with E-state index in [4.69, 9.17) is 4.74 Å². The molecule has 2 rings (SSSR count). The lowest BCUT2D eigenvalue weighted by Gasteiger charge is -2.22. The molecule has 0 aliphatic rings. The highest BCUT2D eigenvalue weighted by atomic mass is 32.2. The van der Waals surface area contributed by atoms with Crippen LogP contribution in [0.15, 0.2) is 48.5 Å². The normalized spacial score (nSPS) is 12.3. The lowest BCUT2D eigenvalue weighted by atomic mass is 10.1. The number of carbonyl (C=O) groups is 1. The largest absolute Gasteiger partial charge is 0.496 e. The number of sulfonamides is 1. The van der Waals surface area contributed by atoms with Gasteiger partial charge in [-0.15, -0.1) is 0 Å². The van der Waals surface area contributed by atoms with Gasteiger partial charge < -0.3 is 10.1 Å². The number of methoxy groups -OCH3 is 1. The molecule has 0 radical (unpaired) electrons. The van der Waals surface area contributed by atoms with Gasteiger partial charge in [0.25, 0.3) is 5.91 Å². The first-order valence-corrected chi connectivity index (χ1v) is 9.57. The third kappa shape index (κ3) is 4.30. The lowest BCUT2D eigenvalue weighted by Crippen LogP contribution is -2.31. The number of para-hydroxylation sites is 2. The monoisotopic (exact) mass is 362 g/mol. The second-order valence-electron chi connectivity index (χ2n) is 5.68. The molecule has 0 bridgehead atoms. The molecule has 2 aromatic rings. The van der Waals surface area contributed by atoms with Crippen molar-refractivity contribution in [2.24, 2.45) is 0 Å². The van der Waals surface area contributed by atoms with Gasteiger partial charge in [-0.2, -0.15) is 0 Å². The summed E-state index contributed by atoms with van der Waals surface area (Å²) in [5.74, 6) is 0.321. The van der Waals surface area contributed by atoms with Crippen molar-refractivity contribution in [2.75, 3.05) is 24.7 Å². The van der Waals surface area contributed by atoms with Gasteiger partial charge >= 0.3 is 0 Å². The number of hydrogen-bond donors (Lipinski definition) is 1. The van der Waals surface area contributed by atoms with Crippen molar-refractivity contribution in [3.63, 3.8) is 0 Å². The number of nitrogens with zero attached hydrogens (tertiary/aromatic N) is 1. The van der Waals surface area contributed by atoms with Crippen LogP contribution in [0.25, 0.3) is 0 Å². The Morgan fingerprint density at radius 2 is 1.72 bits per heavy atom. The maximum atomic E-state index is 12.7. The van der Waals surface area contributed by atoms with E-state index < -0.39 is 10.0 Å². The van der Waals surface area contributed by atoms with Crippen LogP contribution in [0.3, 0.4) is 0 Å². The number of anilines is 1. The van der Waals surface area contributed by atoms with Crippen LogP contribution >= 0.6 is 0 Å². The van der Waals surface area contributed by atoms with Gasteiger partial charge in [0.2, 0.25) is 10.0 Å². The molecule has 0 aliphatic carbocycles. The van der Waals surface area contributed by atoms with Gasteiger partial charge in [-0.1, -0.05) is 30.3 Å². The number of rotatable bonds is 6. The van der Waals surface area contributed by atoms with Crippen LogP contribution in [0.5, 0.6) is 5.75 Å². The summed E-state index contributed by atoms with van der Waals surface area (Å²) in [4.78, 5) is 12.7. The molecule has 1 atom stereocenters.